The summed E-state index contributed by atoms with van der Waals surface area (Å²) in [5.41, 5.74) is 10.7. The van der Waals surface area contributed by atoms with E-state index in [2.05, 4.69) is 32.0 Å². The molecule has 16 heavy (non-hydrogen) atoms. The number of hydrogen-bond acceptors (Lipinski definition) is 1. The van der Waals surface area contributed by atoms with Gasteiger partial charge in [-0.3, -0.25) is 0 Å². The molecule has 1 aliphatic carbocycles. The molecule has 1 aliphatic rings. The lowest BCUT2D eigenvalue weighted by atomic mass is 9.81. The normalized spacial score (nSPS) is 20.4. The first-order valence-corrected chi connectivity index (χ1v) is 6.48. The van der Waals surface area contributed by atoms with Crippen LogP contribution in [0.15, 0.2) is 18.2 Å². The van der Waals surface area contributed by atoms with Gasteiger partial charge in [0.1, 0.15) is 0 Å². The van der Waals surface area contributed by atoms with Gasteiger partial charge in [0.05, 0.1) is 0 Å². The monoisotopic (exact) mass is 217 g/mol. The molecule has 0 atom stereocenters. The number of rotatable bonds is 1. The summed E-state index contributed by atoms with van der Waals surface area (Å²) >= 11 is 0. The van der Waals surface area contributed by atoms with Crippen molar-refractivity contribution in [2.24, 2.45) is 5.73 Å². The maximum Gasteiger partial charge on any atom is 0.0412 e. The van der Waals surface area contributed by atoms with Crippen molar-refractivity contribution in [3.8, 4) is 0 Å². The van der Waals surface area contributed by atoms with Gasteiger partial charge in [0.25, 0.3) is 0 Å². The lowest BCUT2D eigenvalue weighted by Gasteiger charge is -2.30. The minimum Gasteiger partial charge on any atom is -0.321 e. The second-order valence-electron chi connectivity index (χ2n) is 5.39. The lowest BCUT2D eigenvalue weighted by Crippen LogP contribution is -2.36. The Kier molecular flexibility index (Phi) is 3.34. The van der Waals surface area contributed by atoms with Gasteiger partial charge >= 0.3 is 0 Å². The predicted octanol–water partition coefficient (Wildman–Crippen LogP) is 3.81. The fourth-order valence-electron chi connectivity index (χ4n) is 2.90. The van der Waals surface area contributed by atoms with Gasteiger partial charge in [0.15, 0.2) is 0 Å². The Labute approximate surface area is 99.0 Å². The molecule has 1 heteroatoms. The third-order valence-corrected chi connectivity index (χ3v) is 3.93. The highest BCUT2D eigenvalue weighted by Crippen LogP contribution is 2.35. The van der Waals surface area contributed by atoms with Crippen molar-refractivity contribution in [3.63, 3.8) is 0 Å². The van der Waals surface area contributed by atoms with Crippen molar-refractivity contribution in [3.05, 3.63) is 34.9 Å². The van der Waals surface area contributed by atoms with Crippen LogP contribution in [0, 0.1) is 13.8 Å². The average Bonchev–Trinajstić information content (AvgIpc) is 2.48. The topological polar surface area (TPSA) is 26.0 Å². The quantitative estimate of drug-likeness (QED) is 0.711. The van der Waals surface area contributed by atoms with Gasteiger partial charge in [-0.15, -0.1) is 0 Å². The summed E-state index contributed by atoms with van der Waals surface area (Å²) in [6, 6.07) is 6.68. The van der Waals surface area contributed by atoms with E-state index in [-0.39, 0.29) is 5.54 Å². The summed E-state index contributed by atoms with van der Waals surface area (Å²) in [4.78, 5) is 0. The van der Waals surface area contributed by atoms with Crippen LogP contribution in [0.1, 0.15) is 55.2 Å². The second-order valence-corrected chi connectivity index (χ2v) is 5.39. The zero-order chi connectivity index (χ0) is 11.6. The summed E-state index contributed by atoms with van der Waals surface area (Å²) < 4.78 is 0. The van der Waals surface area contributed by atoms with Crippen LogP contribution in [-0.4, -0.2) is 0 Å². The number of hydrogen-bond donors (Lipinski definition) is 1. The fourth-order valence-corrected chi connectivity index (χ4v) is 2.90. The number of nitrogens with two attached hydrogens (primary N) is 1. The highest BCUT2D eigenvalue weighted by Gasteiger charge is 2.29. The third-order valence-electron chi connectivity index (χ3n) is 3.93. The molecule has 2 N–H and O–H groups in total. The van der Waals surface area contributed by atoms with Crippen molar-refractivity contribution < 1.29 is 0 Å². The van der Waals surface area contributed by atoms with E-state index >= 15 is 0 Å². The van der Waals surface area contributed by atoms with E-state index in [1.807, 2.05) is 0 Å². The van der Waals surface area contributed by atoms with E-state index in [4.69, 9.17) is 5.73 Å². The van der Waals surface area contributed by atoms with Crippen LogP contribution in [0.25, 0.3) is 0 Å². The Morgan fingerprint density at radius 3 is 2.25 bits per heavy atom. The summed E-state index contributed by atoms with van der Waals surface area (Å²) in [7, 11) is 0. The predicted molar refractivity (Wildman–Crippen MR) is 69.5 cm³/mol. The molecule has 1 aromatic carbocycles. The molecule has 0 aliphatic heterocycles. The van der Waals surface area contributed by atoms with Crippen LogP contribution in [-0.2, 0) is 5.54 Å². The van der Waals surface area contributed by atoms with Crippen molar-refractivity contribution >= 4 is 0 Å². The van der Waals surface area contributed by atoms with Crippen LogP contribution in [0.4, 0.5) is 0 Å². The fraction of sp³-hybridized carbons (Fsp3) is 0.600. The first-order valence-electron chi connectivity index (χ1n) is 6.48. The minimum absolute atomic E-state index is 0.0629. The summed E-state index contributed by atoms with van der Waals surface area (Å²) in [6.45, 7) is 4.34. The molecule has 0 heterocycles. The molecular formula is C15H23N. The molecule has 2 rings (SSSR count). The zero-order valence-electron chi connectivity index (χ0n) is 10.6. The Morgan fingerprint density at radius 2 is 1.62 bits per heavy atom. The van der Waals surface area contributed by atoms with Gasteiger partial charge in [0, 0.05) is 5.54 Å². The molecule has 1 aromatic rings. The average molecular weight is 217 g/mol. The van der Waals surface area contributed by atoms with Crippen molar-refractivity contribution in [1.82, 2.24) is 0 Å². The largest absolute Gasteiger partial charge is 0.321 e. The van der Waals surface area contributed by atoms with Crippen molar-refractivity contribution in [1.29, 1.82) is 0 Å². The van der Waals surface area contributed by atoms with E-state index in [1.54, 1.807) is 0 Å². The van der Waals surface area contributed by atoms with E-state index in [0.717, 1.165) is 12.8 Å². The van der Waals surface area contributed by atoms with Gasteiger partial charge in [0.2, 0.25) is 0 Å². The molecule has 1 saturated carbocycles. The maximum atomic E-state index is 6.65. The molecule has 0 radical (unpaired) electrons. The van der Waals surface area contributed by atoms with Crippen LogP contribution < -0.4 is 5.73 Å². The first-order chi connectivity index (χ1) is 7.62. The van der Waals surface area contributed by atoms with Gasteiger partial charge < -0.3 is 5.73 Å². The highest BCUT2D eigenvalue weighted by atomic mass is 14.7. The Balaban J connectivity index is 2.36. The molecule has 0 saturated heterocycles. The molecule has 0 amide bonds. The van der Waals surface area contributed by atoms with E-state index in [1.165, 1.54) is 42.4 Å². The Morgan fingerprint density at radius 1 is 1.00 bits per heavy atom. The van der Waals surface area contributed by atoms with Crippen LogP contribution in [0.3, 0.4) is 0 Å². The summed E-state index contributed by atoms with van der Waals surface area (Å²) in [5, 5.41) is 0. The summed E-state index contributed by atoms with van der Waals surface area (Å²) in [5.74, 6) is 0. The van der Waals surface area contributed by atoms with Crippen LogP contribution in [0.5, 0.6) is 0 Å². The van der Waals surface area contributed by atoms with E-state index in [0.29, 0.717) is 0 Å². The van der Waals surface area contributed by atoms with Crippen molar-refractivity contribution in [2.75, 3.05) is 0 Å². The standard InChI is InChI=1S/C15H23N/c1-12-7-8-13(2)14(11-12)15(16)9-5-3-4-6-10-15/h7-8,11H,3-6,9-10,16H2,1-2H3. The van der Waals surface area contributed by atoms with Gasteiger partial charge in [-0.05, 0) is 37.8 Å². The SMILES string of the molecule is Cc1ccc(C)c(C2(N)CCCCCC2)c1. The Hall–Kier alpha value is -0.820. The van der Waals surface area contributed by atoms with Crippen LogP contribution in [0.2, 0.25) is 0 Å². The highest BCUT2D eigenvalue weighted by molar-refractivity contribution is 5.36. The number of benzene rings is 1. The third kappa shape index (κ3) is 2.30. The van der Waals surface area contributed by atoms with Crippen molar-refractivity contribution in [2.45, 2.75) is 57.9 Å². The van der Waals surface area contributed by atoms with Crippen LogP contribution >= 0.6 is 0 Å². The summed E-state index contributed by atoms with van der Waals surface area (Å²) in [6.07, 6.45) is 7.57. The zero-order valence-corrected chi connectivity index (χ0v) is 10.6. The van der Waals surface area contributed by atoms with E-state index < -0.39 is 0 Å². The molecule has 0 unspecified atom stereocenters. The molecular weight excluding hydrogens is 194 g/mol. The molecule has 1 nitrogen and oxygen atoms in total. The molecule has 0 spiro atoms. The lowest BCUT2D eigenvalue weighted by molar-refractivity contribution is 0.383. The van der Waals surface area contributed by atoms with E-state index in [9.17, 15) is 0 Å². The van der Waals surface area contributed by atoms with Gasteiger partial charge in [-0.1, -0.05) is 49.4 Å². The first kappa shape index (κ1) is 11.7. The maximum absolute atomic E-state index is 6.65. The van der Waals surface area contributed by atoms with Gasteiger partial charge in [-0.25, -0.2) is 0 Å². The molecule has 88 valence electrons. The van der Waals surface area contributed by atoms with Gasteiger partial charge in [-0.2, -0.15) is 0 Å². The smallest absolute Gasteiger partial charge is 0.0412 e. The molecule has 0 aromatic heterocycles. The Bertz CT molecular complexity index is 360. The second kappa shape index (κ2) is 4.58. The number of aryl methyl sites for hydroxylation is 2. The molecule has 1 fully saturated rings. The minimum atomic E-state index is -0.0629. The molecule has 0 bridgehead atoms.